The molecule has 0 aromatic heterocycles. The Morgan fingerprint density at radius 1 is 1.36 bits per heavy atom. The summed E-state index contributed by atoms with van der Waals surface area (Å²) in [6.07, 6.45) is 0.555. The van der Waals surface area contributed by atoms with Gasteiger partial charge in [-0.2, -0.15) is 0 Å². The largest absolute Gasteiger partial charge is 0.494 e. The SMILES string of the molecule is CCOc1cc(C)ccc1CNC(=O)NC(CCO)C(C)C. The van der Waals surface area contributed by atoms with Crippen LogP contribution in [-0.4, -0.2) is 30.4 Å². The van der Waals surface area contributed by atoms with Crippen molar-refractivity contribution in [2.24, 2.45) is 5.92 Å². The third kappa shape index (κ3) is 5.93. The van der Waals surface area contributed by atoms with Crippen molar-refractivity contribution >= 4 is 6.03 Å². The van der Waals surface area contributed by atoms with Crippen molar-refractivity contribution in [3.8, 4) is 5.75 Å². The van der Waals surface area contributed by atoms with E-state index in [4.69, 9.17) is 9.84 Å². The van der Waals surface area contributed by atoms with Crippen LogP contribution in [0.1, 0.15) is 38.3 Å². The second-order valence-corrected chi connectivity index (χ2v) is 5.73. The van der Waals surface area contributed by atoms with Crippen molar-refractivity contribution in [1.29, 1.82) is 0 Å². The predicted octanol–water partition coefficient (Wildman–Crippen LogP) is 2.60. The second kappa shape index (κ2) is 9.30. The number of hydrogen-bond acceptors (Lipinski definition) is 3. The van der Waals surface area contributed by atoms with Crippen LogP contribution in [0.25, 0.3) is 0 Å². The number of nitrogens with one attached hydrogen (secondary N) is 2. The summed E-state index contributed by atoms with van der Waals surface area (Å²) in [7, 11) is 0. The van der Waals surface area contributed by atoms with E-state index in [1.54, 1.807) is 0 Å². The van der Waals surface area contributed by atoms with Crippen molar-refractivity contribution in [1.82, 2.24) is 10.6 Å². The van der Waals surface area contributed by atoms with E-state index in [0.717, 1.165) is 16.9 Å². The fourth-order valence-corrected chi connectivity index (χ4v) is 2.20. The molecule has 1 unspecified atom stereocenters. The molecule has 2 amide bonds. The molecule has 0 heterocycles. The first kappa shape index (κ1) is 18.3. The van der Waals surface area contributed by atoms with Crippen LogP contribution in [0.15, 0.2) is 18.2 Å². The number of hydrogen-bond donors (Lipinski definition) is 3. The fraction of sp³-hybridized carbons (Fsp3) is 0.588. The minimum Gasteiger partial charge on any atom is -0.494 e. The quantitative estimate of drug-likeness (QED) is 0.691. The molecule has 0 radical (unpaired) electrons. The van der Waals surface area contributed by atoms with Crippen molar-refractivity contribution in [2.75, 3.05) is 13.2 Å². The number of rotatable bonds is 8. The first-order valence-corrected chi connectivity index (χ1v) is 7.85. The Bertz CT molecular complexity index is 475. The molecule has 124 valence electrons. The topological polar surface area (TPSA) is 70.6 Å². The van der Waals surface area contributed by atoms with Crippen LogP contribution >= 0.6 is 0 Å². The van der Waals surface area contributed by atoms with E-state index in [2.05, 4.69) is 10.6 Å². The van der Waals surface area contributed by atoms with Crippen molar-refractivity contribution < 1.29 is 14.6 Å². The van der Waals surface area contributed by atoms with Gasteiger partial charge < -0.3 is 20.5 Å². The summed E-state index contributed by atoms with van der Waals surface area (Å²) in [5.41, 5.74) is 2.07. The zero-order chi connectivity index (χ0) is 16.5. The smallest absolute Gasteiger partial charge is 0.315 e. The van der Waals surface area contributed by atoms with Crippen LogP contribution in [0.5, 0.6) is 5.75 Å². The van der Waals surface area contributed by atoms with E-state index in [1.807, 2.05) is 45.9 Å². The molecule has 5 heteroatoms. The molecular weight excluding hydrogens is 280 g/mol. The molecular formula is C17H28N2O3. The number of ether oxygens (including phenoxy) is 1. The molecule has 0 aliphatic rings. The number of aryl methyl sites for hydroxylation is 1. The van der Waals surface area contributed by atoms with Gasteiger partial charge in [-0.3, -0.25) is 0 Å². The molecule has 3 N–H and O–H groups in total. The maximum atomic E-state index is 12.0. The lowest BCUT2D eigenvalue weighted by Gasteiger charge is -2.22. The number of aliphatic hydroxyl groups excluding tert-OH is 1. The molecule has 22 heavy (non-hydrogen) atoms. The Morgan fingerprint density at radius 2 is 2.09 bits per heavy atom. The number of benzene rings is 1. The highest BCUT2D eigenvalue weighted by atomic mass is 16.5. The summed E-state index contributed by atoms with van der Waals surface area (Å²) in [5.74, 6) is 1.08. The van der Waals surface area contributed by atoms with E-state index in [9.17, 15) is 4.79 Å². The predicted molar refractivity (Wildman–Crippen MR) is 88.0 cm³/mol. The van der Waals surface area contributed by atoms with Gasteiger partial charge in [-0.15, -0.1) is 0 Å². The van der Waals surface area contributed by atoms with Gasteiger partial charge in [0, 0.05) is 24.8 Å². The maximum Gasteiger partial charge on any atom is 0.315 e. The van der Waals surface area contributed by atoms with Crippen molar-refractivity contribution in [2.45, 2.75) is 46.7 Å². The van der Waals surface area contributed by atoms with Crippen molar-refractivity contribution in [3.05, 3.63) is 29.3 Å². The Balaban J connectivity index is 2.60. The molecule has 1 aromatic rings. The van der Waals surface area contributed by atoms with E-state index in [1.165, 1.54) is 0 Å². The Kier molecular flexibility index (Phi) is 7.74. The lowest BCUT2D eigenvalue weighted by molar-refractivity contribution is 0.218. The van der Waals surface area contributed by atoms with Gasteiger partial charge in [-0.25, -0.2) is 4.79 Å². The van der Waals surface area contributed by atoms with E-state index >= 15 is 0 Å². The van der Waals surface area contributed by atoms with Gasteiger partial charge in [0.1, 0.15) is 5.75 Å². The van der Waals surface area contributed by atoms with Crippen LogP contribution in [0.4, 0.5) is 4.79 Å². The molecule has 0 aliphatic carbocycles. The first-order chi connectivity index (χ1) is 10.5. The second-order valence-electron chi connectivity index (χ2n) is 5.73. The molecule has 1 aromatic carbocycles. The lowest BCUT2D eigenvalue weighted by Crippen LogP contribution is -2.44. The highest BCUT2D eigenvalue weighted by molar-refractivity contribution is 5.74. The summed E-state index contributed by atoms with van der Waals surface area (Å²) in [6.45, 7) is 9.06. The minimum absolute atomic E-state index is 0.0330. The minimum atomic E-state index is -0.227. The number of urea groups is 1. The molecule has 5 nitrogen and oxygen atoms in total. The summed E-state index contributed by atoms with van der Waals surface area (Å²) >= 11 is 0. The van der Waals surface area contributed by atoms with E-state index in [-0.39, 0.29) is 24.6 Å². The zero-order valence-electron chi connectivity index (χ0n) is 14.0. The van der Waals surface area contributed by atoms with Crippen LogP contribution in [0, 0.1) is 12.8 Å². The lowest BCUT2D eigenvalue weighted by atomic mass is 10.0. The van der Waals surface area contributed by atoms with Crippen LogP contribution in [0.3, 0.4) is 0 Å². The van der Waals surface area contributed by atoms with Gasteiger partial charge in [0.05, 0.1) is 6.61 Å². The zero-order valence-corrected chi connectivity index (χ0v) is 14.0. The normalized spacial score (nSPS) is 12.1. The van der Waals surface area contributed by atoms with Gasteiger partial charge in [-0.1, -0.05) is 26.0 Å². The fourth-order valence-electron chi connectivity index (χ4n) is 2.20. The third-order valence-electron chi connectivity index (χ3n) is 3.52. The molecule has 0 aliphatic heterocycles. The number of carbonyl (C=O) groups excluding carboxylic acids is 1. The van der Waals surface area contributed by atoms with Crippen LogP contribution < -0.4 is 15.4 Å². The summed E-state index contributed by atoms with van der Waals surface area (Å²) in [4.78, 5) is 12.0. The van der Waals surface area contributed by atoms with Crippen LogP contribution in [0.2, 0.25) is 0 Å². The molecule has 1 rings (SSSR count). The Morgan fingerprint density at radius 3 is 2.68 bits per heavy atom. The Hall–Kier alpha value is -1.75. The van der Waals surface area contributed by atoms with Gasteiger partial charge in [-0.05, 0) is 37.8 Å². The van der Waals surface area contributed by atoms with Gasteiger partial charge in [0.25, 0.3) is 0 Å². The first-order valence-electron chi connectivity index (χ1n) is 7.85. The standard InChI is InChI=1S/C17H28N2O3/c1-5-22-16-10-13(4)6-7-14(16)11-18-17(21)19-15(8-9-20)12(2)3/h6-7,10,12,15,20H,5,8-9,11H2,1-4H3,(H2,18,19,21). The number of aliphatic hydroxyl groups is 1. The average molecular weight is 308 g/mol. The summed E-state index contributed by atoms with van der Waals surface area (Å²) in [6, 6.07) is 5.68. The summed E-state index contributed by atoms with van der Waals surface area (Å²) in [5, 5.41) is 14.8. The van der Waals surface area contributed by atoms with E-state index in [0.29, 0.717) is 19.6 Å². The highest BCUT2D eigenvalue weighted by Crippen LogP contribution is 2.20. The Labute approximate surface area is 133 Å². The molecule has 1 atom stereocenters. The molecule has 0 fully saturated rings. The van der Waals surface area contributed by atoms with Crippen LogP contribution in [-0.2, 0) is 6.54 Å². The molecule has 0 bridgehead atoms. The van der Waals surface area contributed by atoms with Gasteiger partial charge >= 0.3 is 6.03 Å². The maximum absolute atomic E-state index is 12.0. The summed E-state index contributed by atoms with van der Waals surface area (Å²) < 4.78 is 5.60. The molecule has 0 spiro atoms. The third-order valence-corrected chi connectivity index (χ3v) is 3.52. The average Bonchev–Trinajstić information content (AvgIpc) is 2.46. The number of carbonyl (C=O) groups is 1. The number of amides is 2. The highest BCUT2D eigenvalue weighted by Gasteiger charge is 2.15. The molecule has 0 saturated carbocycles. The molecule has 0 saturated heterocycles. The monoisotopic (exact) mass is 308 g/mol. The van der Waals surface area contributed by atoms with E-state index < -0.39 is 0 Å². The van der Waals surface area contributed by atoms with Crippen molar-refractivity contribution in [3.63, 3.8) is 0 Å². The van der Waals surface area contributed by atoms with Gasteiger partial charge in [0.15, 0.2) is 0 Å². The van der Waals surface area contributed by atoms with Gasteiger partial charge in [0.2, 0.25) is 0 Å².